The number of methoxy groups -OCH3 is 1. The molecule has 1 heterocycles. The maximum Gasteiger partial charge on any atom is 0.324 e. The van der Waals surface area contributed by atoms with Crippen LogP contribution >= 0.6 is 0 Å². The van der Waals surface area contributed by atoms with E-state index in [4.69, 9.17) is 18.9 Å². The van der Waals surface area contributed by atoms with Gasteiger partial charge in [-0.3, -0.25) is 19.7 Å². The predicted molar refractivity (Wildman–Crippen MR) is 145 cm³/mol. The van der Waals surface area contributed by atoms with Crippen molar-refractivity contribution in [3.63, 3.8) is 0 Å². The third kappa shape index (κ3) is 7.26. The number of nitro groups is 1. The van der Waals surface area contributed by atoms with Crippen LogP contribution in [0.3, 0.4) is 0 Å². The molecular formula is C28H26N2O10S. The van der Waals surface area contributed by atoms with Crippen molar-refractivity contribution in [2.45, 2.75) is 36.6 Å². The number of nitrogens with zero attached hydrogens (tertiary/aromatic N) is 1. The number of allylic oxidation sites excluding steroid dienone is 4. The zero-order chi connectivity index (χ0) is 29.6. The van der Waals surface area contributed by atoms with E-state index < -0.39 is 32.9 Å². The van der Waals surface area contributed by atoms with Crippen LogP contribution in [-0.4, -0.2) is 38.4 Å². The van der Waals surface area contributed by atoms with Gasteiger partial charge in [0, 0.05) is 37.0 Å². The largest absolute Gasteiger partial charge is 0.468 e. The number of ether oxygens (including phenoxy) is 4. The summed E-state index contributed by atoms with van der Waals surface area (Å²) < 4.78 is 49.6. The smallest absolute Gasteiger partial charge is 0.324 e. The van der Waals surface area contributed by atoms with Crippen molar-refractivity contribution in [1.82, 2.24) is 4.72 Å². The molecule has 0 radical (unpaired) electrons. The lowest BCUT2D eigenvalue weighted by Gasteiger charge is -2.27. The molecule has 0 saturated carbocycles. The van der Waals surface area contributed by atoms with E-state index in [1.165, 1.54) is 19.4 Å². The fraction of sp³-hybridized carbons (Fsp3) is 0.214. The molecule has 0 bridgehead atoms. The van der Waals surface area contributed by atoms with E-state index in [1.54, 1.807) is 12.1 Å². The van der Waals surface area contributed by atoms with Crippen LogP contribution in [0.1, 0.15) is 31.2 Å². The Morgan fingerprint density at radius 3 is 2.46 bits per heavy atom. The number of esters is 2. The minimum absolute atomic E-state index is 0.127. The molecule has 2 aliphatic rings. The molecule has 214 valence electrons. The Morgan fingerprint density at radius 2 is 1.83 bits per heavy atom. The summed E-state index contributed by atoms with van der Waals surface area (Å²) in [6.07, 6.45) is 8.79. The normalized spacial score (nSPS) is 17.1. The lowest BCUT2D eigenvalue weighted by atomic mass is 9.84. The van der Waals surface area contributed by atoms with Crippen LogP contribution in [0.25, 0.3) is 0 Å². The molecule has 13 heteroatoms. The Labute approximate surface area is 235 Å². The number of nitro benzene ring substituents is 1. The van der Waals surface area contributed by atoms with Crippen LogP contribution in [0.15, 0.2) is 101 Å². The molecule has 0 unspecified atom stereocenters. The van der Waals surface area contributed by atoms with Gasteiger partial charge >= 0.3 is 11.9 Å². The van der Waals surface area contributed by atoms with Crippen LogP contribution in [0.4, 0.5) is 5.69 Å². The van der Waals surface area contributed by atoms with E-state index in [2.05, 4.69) is 4.72 Å². The average molecular weight is 583 g/mol. The number of carbonyl (C=O) groups is 2. The number of hydrogen-bond donors (Lipinski definition) is 1. The molecule has 2 aromatic carbocycles. The highest BCUT2D eigenvalue weighted by molar-refractivity contribution is 7.89. The van der Waals surface area contributed by atoms with Gasteiger partial charge in [-0.15, -0.1) is 0 Å². The summed E-state index contributed by atoms with van der Waals surface area (Å²) in [5.41, 5.74) is 1.43. The number of carbonyl (C=O) groups excluding carboxylic acids is 2. The summed E-state index contributed by atoms with van der Waals surface area (Å²) in [4.78, 5) is 33.7. The highest BCUT2D eigenvalue weighted by atomic mass is 32.2. The van der Waals surface area contributed by atoms with E-state index in [0.717, 1.165) is 42.5 Å². The molecule has 2 atom stereocenters. The minimum atomic E-state index is -4.26. The van der Waals surface area contributed by atoms with Crippen molar-refractivity contribution in [1.29, 1.82) is 0 Å². The highest BCUT2D eigenvalue weighted by Gasteiger charge is 2.31. The van der Waals surface area contributed by atoms with Crippen molar-refractivity contribution >= 4 is 27.6 Å². The Balaban J connectivity index is 1.49. The molecule has 2 aromatic rings. The van der Waals surface area contributed by atoms with Gasteiger partial charge in [-0.1, -0.05) is 30.4 Å². The first-order chi connectivity index (χ1) is 19.6. The molecule has 12 nitrogen and oxygen atoms in total. The van der Waals surface area contributed by atoms with Gasteiger partial charge in [0.05, 0.1) is 16.9 Å². The number of nitrogens with one attached hydrogen (secondary N) is 1. The maximum atomic E-state index is 12.9. The third-order valence-corrected chi connectivity index (χ3v) is 7.64. The summed E-state index contributed by atoms with van der Waals surface area (Å²) in [5, 5.41) is 10.9. The molecule has 1 aliphatic carbocycles. The number of sulfonamides is 1. The topological polar surface area (TPSA) is 160 Å². The standard InChI is InChI=1S/C28H26N2O10S/c1-18(31)39-21-11-7-19(8-12-21)24-5-3-4-6-25(24)27-17-38-16-22(40-27)15-26(28(32)37-2)29-41(35,36)23-13-9-20(10-14-23)30(33)34/h3-4,6-14,16-17,24,26,29H,5,15H2,1-2H3/t24-,26+/m1/s1. The second-order valence-corrected chi connectivity index (χ2v) is 10.7. The molecule has 0 spiro atoms. The van der Waals surface area contributed by atoms with E-state index in [1.807, 2.05) is 30.4 Å². The first-order valence-corrected chi connectivity index (χ1v) is 13.8. The van der Waals surface area contributed by atoms with Crippen LogP contribution in [0.2, 0.25) is 0 Å². The van der Waals surface area contributed by atoms with E-state index in [0.29, 0.717) is 17.9 Å². The van der Waals surface area contributed by atoms with Crippen molar-refractivity contribution in [3.8, 4) is 5.75 Å². The van der Waals surface area contributed by atoms with Crippen molar-refractivity contribution in [2.24, 2.45) is 0 Å². The summed E-state index contributed by atoms with van der Waals surface area (Å²) in [7, 11) is -3.15. The highest BCUT2D eigenvalue weighted by Crippen LogP contribution is 2.38. The average Bonchev–Trinajstić information content (AvgIpc) is 2.96. The Kier molecular flexibility index (Phi) is 9.00. The fourth-order valence-corrected chi connectivity index (χ4v) is 5.41. The van der Waals surface area contributed by atoms with Crippen molar-refractivity contribution in [3.05, 3.63) is 112 Å². The summed E-state index contributed by atoms with van der Waals surface area (Å²) >= 11 is 0. The van der Waals surface area contributed by atoms with Crippen LogP contribution in [-0.2, 0) is 33.8 Å². The first kappa shape index (κ1) is 29.2. The molecule has 1 aliphatic heterocycles. The summed E-state index contributed by atoms with van der Waals surface area (Å²) in [6, 6.07) is 9.92. The molecule has 0 fully saturated rings. The molecule has 0 aromatic heterocycles. The maximum absolute atomic E-state index is 12.9. The number of hydrogen-bond acceptors (Lipinski definition) is 10. The first-order valence-electron chi connectivity index (χ1n) is 12.3. The minimum Gasteiger partial charge on any atom is -0.468 e. The van der Waals surface area contributed by atoms with Crippen LogP contribution in [0, 0.1) is 10.1 Å². The number of rotatable bonds is 10. The van der Waals surface area contributed by atoms with Crippen LogP contribution in [0.5, 0.6) is 5.75 Å². The van der Waals surface area contributed by atoms with Gasteiger partial charge in [-0.05, 0) is 36.2 Å². The van der Waals surface area contributed by atoms with Gasteiger partial charge in [0.15, 0.2) is 5.76 Å². The van der Waals surface area contributed by atoms with E-state index in [-0.39, 0.29) is 28.7 Å². The van der Waals surface area contributed by atoms with Crippen molar-refractivity contribution < 1.29 is 41.9 Å². The molecular weight excluding hydrogens is 556 g/mol. The van der Waals surface area contributed by atoms with Crippen molar-refractivity contribution in [2.75, 3.05) is 7.11 Å². The quantitative estimate of drug-likeness (QED) is 0.187. The summed E-state index contributed by atoms with van der Waals surface area (Å²) in [6.45, 7) is 1.32. The van der Waals surface area contributed by atoms with Gasteiger partial charge in [-0.2, -0.15) is 4.72 Å². The molecule has 4 rings (SSSR count). The molecule has 0 amide bonds. The Hall–Kier alpha value is -4.75. The van der Waals surface area contributed by atoms with Gasteiger partial charge in [0.2, 0.25) is 10.0 Å². The monoisotopic (exact) mass is 582 g/mol. The van der Waals surface area contributed by atoms with E-state index >= 15 is 0 Å². The molecule has 41 heavy (non-hydrogen) atoms. The van der Waals surface area contributed by atoms with Gasteiger partial charge in [0.1, 0.15) is 30.1 Å². The lowest BCUT2D eigenvalue weighted by Crippen LogP contribution is -2.42. The van der Waals surface area contributed by atoms with Gasteiger partial charge in [0.25, 0.3) is 5.69 Å². The molecule has 0 saturated heterocycles. The number of non-ortho nitro benzene ring substituents is 1. The Morgan fingerprint density at radius 1 is 1.12 bits per heavy atom. The molecule has 1 N–H and O–H groups in total. The van der Waals surface area contributed by atoms with E-state index in [9.17, 15) is 28.1 Å². The third-order valence-electron chi connectivity index (χ3n) is 6.15. The van der Waals surface area contributed by atoms with Gasteiger partial charge in [-0.25, -0.2) is 8.42 Å². The van der Waals surface area contributed by atoms with Crippen LogP contribution < -0.4 is 9.46 Å². The summed E-state index contributed by atoms with van der Waals surface area (Å²) in [5.74, 6) is -0.480. The fourth-order valence-electron chi connectivity index (χ4n) is 4.23. The van der Waals surface area contributed by atoms with Gasteiger partial charge < -0.3 is 18.9 Å². The zero-order valence-electron chi connectivity index (χ0n) is 22.0. The predicted octanol–water partition coefficient (Wildman–Crippen LogP) is 4.13. The second kappa shape index (κ2) is 12.6. The zero-order valence-corrected chi connectivity index (χ0v) is 22.8. The number of benzene rings is 2. The Bertz CT molecular complexity index is 1560. The lowest BCUT2D eigenvalue weighted by molar-refractivity contribution is -0.384. The second-order valence-electron chi connectivity index (χ2n) is 8.96. The SMILES string of the molecule is COC(=O)[C@H](CC1=COC=C(C2=CC=CC[C@@H]2c2ccc(OC(C)=O)cc2)O1)NS(=O)(=O)c1ccc([N+](=O)[O-])cc1.